The maximum atomic E-state index is 10.7. The summed E-state index contributed by atoms with van der Waals surface area (Å²) < 4.78 is 0. The fourth-order valence-electron chi connectivity index (χ4n) is 2.59. The Labute approximate surface area is 106 Å². The van der Waals surface area contributed by atoms with E-state index in [0.717, 1.165) is 30.5 Å². The second-order valence-corrected chi connectivity index (χ2v) is 5.20. The zero-order valence-corrected chi connectivity index (χ0v) is 10.3. The summed E-state index contributed by atoms with van der Waals surface area (Å²) >= 11 is 5.99. The first-order valence-electron chi connectivity index (χ1n) is 5.81. The molecule has 0 aromatic heterocycles. The summed E-state index contributed by atoms with van der Waals surface area (Å²) in [5.41, 5.74) is 7.67. The number of aliphatic carboxylic acids is 1. The van der Waals surface area contributed by atoms with Crippen LogP contribution in [0.4, 0.5) is 5.69 Å². The van der Waals surface area contributed by atoms with E-state index in [1.165, 1.54) is 0 Å². The Morgan fingerprint density at radius 3 is 2.71 bits per heavy atom. The standard InChI is InChI=1S/C13H16ClNO2/c14-9-2-3-11(15)10(8-9)13(5-1-6-13)7-4-12(16)17/h2-3,8H,1,4-7,15H2,(H,16,17). The van der Waals surface area contributed by atoms with Gasteiger partial charge in [0.2, 0.25) is 0 Å². The summed E-state index contributed by atoms with van der Waals surface area (Å²) in [5.74, 6) is -0.753. The van der Waals surface area contributed by atoms with Crippen molar-refractivity contribution < 1.29 is 9.90 Å². The maximum absolute atomic E-state index is 10.7. The second kappa shape index (κ2) is 4.57. The van der Waals surface area contributed by atoms with Crippen LogP contribution in [0.5, 0.6) is 0 Å². The van der Waals surface area contributed by atoms with Crippen molar-refractivity contribution >= 4 is 23.3 Å². The minimum atomic E-state index is -0.753. The van der Waals surface area contributed by atoms with Gasteiger partial charge in [-0.3, -0.25) is 4.79 Å². The quantitative estimate of drug-likeness (QED) is 0.810. The summed E-state index contributed by atoms with van der Waals surface area (Å²) in [5, 5.41) is 9.47. The predicted octanol–water partition coefficient (Wildman–Crippen LogP) is 3.21. The second-order valence-electron chi connectivity index (χ2n) is 4.76. The largest absolute Gasteiger partial charge is 0.481 e. The van der Waals surface area contributed by atoms with Crippen LogP contribution in [-0.4, -0.2) is 11.1 Å². The highest BCUT2D eigenvalue weighted by Gasteiger charge is 2.40. The van der Waals surface area contributed by atoms with Crippen molar-refractivity contribution in [3.8, 4) is 0 Å². The van der Waals surface area contributed by atoms with Gasteiger partial charge in [0.05, 0.1) is 0 Å². The number of anilines is 1. The zero-order chi connectivity index (χ0) is 12.5. The molecule has 1 aliphatic carbocycles. The van der Waals surface area contributed by atoms with Crippen molar-refractivity contribution in [2.24, 2.45) is 0 Å². The van der Waals surface area contributed by atoms with Gasteiger partial charge in [0.15, 0.2) is 0 Å². The van der Waals surface area contributed by atoms with E-state index in [1.54, 1.807) is 12.1 Å². The fraction of sp³-hybridized carbons (Fsp3) is 0.462. The molecule has 0 radical (unpaired) electrons. The molecular formula is C13H16ClNO2. The zero-order valence-electron chi connectivity index (χ0n) is 9.58. The van der Waals surface area contributed by atoms with Crippen LogP contribution in [0.15, 0.2) is 18.2 Å². The number of carboxylic acids is 1. The lowest BCUT2D eigenvalue weighted by atomic mass is 9.61. The van der Waals surface area contributed by atoms with Gasteiger partial charge in [-0.15, -0.1) is 0 Å². The van der Waals surface area contributed by atoms with Crippen molar-refractivity contribution in [1.29, 1.82) is 0 Å². The van der Waals surface area contributed by atoms with E-state index in [9.17, 15) is 4.79 Å². The number of halogens is 1. The number of nitrogens with two attached hydrogens (primary N) is 1. The normalized spacial score (nSPS) is 17.5. The summed E-state index contributed by atoms with van der Waals surface area (Å²) in [6.07, 6.45) is 3.97. The Morgan fingerprint density at radius 1 is 1.47 bits per heavy atom. The minimum absolute atomic E-state index is 0.0621. The van der Waals surface area contributed by atoms with Gasteiger partial charge >= 0.3 is 5.97 Å². The van der Waals surface area contributed by atoms with E-state index in [-0.39, 0.29) is 11.8 Å². The Morgan fingerprint density at radius 2 is 2.18 bits per heavy atom. The monoisotopic (exact) mass is 253 g/mol. The van der Waals surface area contributed by atoms with Crippen LogP contribution < -0.4 is 5.73 Å². The van der Waals surface area contributed by atoms with Gasteiger partial charge in [0.25, 0.3) is 0 Å². The van der Waals surface area contributed by atoms with Crippen LogP contribution in [0, 0.1) is 0 Å². The van der Waals surface area contributed by atoms with Gasteiger partial charge in [-0.2, -0.15) is 0 Å². The summed E-state index contributed by atoms with van der Waals surface area (Å²) in [6.45, 7) is 0. The van der Waals surface area contributed by atoms with E-state index in [2.05, 4.69) is 0 Å². The molecule has 1 saturated carbocycles. The first kappa shape index (κ1) is 12.2. The summed E-state index contributed by atoms with van der Waals surface area (Å²) in [6, 6.07) is 5.46. The van der Waals surface area contributed by atoms with Gasteiger partial charge in [-0.1, -0.05) is 18.0 Å². The van der Waals surface area contributed by atoms with Gasteiger partial charge in [0, 0.05) is 17.1 Å². The molecule has 4 heteroatoms. The van der Waals surface area contributed by atoms with Gasteiger partial charge in [-0.25, -0.2) is 0 Å². The van der Waals surface area contributed by atoms with Crippen LogP contribution in [0.25, 0.3) is 0 Å². The Bertz CT molecular complexity index is 441. The van der Waals surface area contributed by atoms with Crippen molar-refractivity contribution in [3.63, 3.8) is 0 Å². The lowest BCUT2D eigenvalue weighted by molar-refractivity contribution is -0.137. The van der Waals surface area contributed by atoms with Gasteiger partial charge in [-0.05, 0) is 48.4 Å². The predicted molar refractivity (Wildman–Crippen MR) is 68.3 cm³/mol. The molecule has 0 heterocycles. The average molecular weight is 254 g/mol. The molecular weight excluding hydrogens is 238 g/mol. The van der Waals surface area contributed by atoms with E-state index < -0.39 is 5.97 Å². The van der Waals surface area contributed by atoms with Crippen molar-refractivity contribution in [2.45, 2.75) is 37.5 Å². The maximum Gasteiger partial charge on any atom is 0.303 e. The van der Waals surface area contributed by atoms with Crippen molar-refractivity contribution in [1.82, 2.24) is 0 Å². The first-order valence-corrected chi connectivity index (χ1v) is 6.19. The SMILES string of the molecule is Nc1ccc(Cl)cc1C1(CCC(=O)O)CCC1. The fourth-order valence-corrected chi connectivity index (χ4v) is 2.76. The number of benzene rings is 1. The molecule has 2 rings (SSSR count). The first-order chi connectivity index (χ1) is 8.03. The van der Waals surface area contributed by atoms with E-state index in [4.69, 9.17) is 22.4 Å². The van der Waals surface area contributed by atoms with Crippen LogP contribution >= 0.6 is 11.6 Å². The Balaban J connectivity index is 2.27. The third-order valence-electron chi connectivity index (χ3n) is 3.71. The summed E-state index contributed by atoms with van der Waals surface area (Å²) in [7, 11) is 0. The highest BCUT2D eigenvalue weighted by molar-refractivity contribution is 6.30. The molecule has 3 N–H and O–H groups in total. The Hall–Kier alpha value is -1.22. The molecule has 1 aromatic rings. The molecule has 17 heavy (non-hydrogen) atoms. The minimum Gasteiger partial charge on any atom is -0.481 e. The van der Waals surface area contributed by atoms with E-state index in [1.807, 2.05) is 6.07 Å². The van der Waals surface area contributed by atoms with E-state index in [0.29, 0.717) is 11.4 Å². The van der Waals surface area contributed by atoms with Crippen LogP contribution in [0.3, 0.4) is 0 Å². The topological polar surface area (TPSA) is 63.3 Å². The third kappa shape index (κ3) is 2.39. The molecule has 1 aliphatic rings. The average Bonchev–Trinajstić information content (AvgIpc) is 2.21. The molecule has 1 fully saturated rings. The lowest BCUT2D eigenvalue weighted by Crippen LogP contribution is -2.35. The van der Waals surface area contributed by atoms with Crippen molar-refractivity contribution in [3.05, 3.63) is 28.8 Å². The van der Waals surface area contributed by atoms with E-state index >= 15 is 0 Å². The molecule has 1 aromatic carbocycles. The van der Waals surface area contributed by atoms with Gasteiger partial charge in [0.1, 0.15) is 0 Å². The number of hydrogen-bond acceptors (Lipinski definition) is 2. The number of carboxylic acid groups (broad SMARTS) is 1. The Kier molecular flexibility index (Phi) is 3.29. The van der Waals surface area contributed by atoms with Crippen LogP contribution in [-0.2, 0) is 10.2 Å². The smallest absolute Gasteiger partial charge is 0.303 e. The molecule has 0 spiro atoms. The van der Waals surface area contributed by atoms with Crippen LogP contribution in [0.2, 0.25) is 5.02 Å². The van der Waals surface area contributed by atoms with Crippen molar-refractivity contribution in [2.75, 3.05) is 5.73 Å². The molecule has 0 bridgehead atoms. The third-order valence-corrected chi connectivity index (χ3v) is 3.95. The highest BCUT2D eigenvalue weighted by atomic mass is 35.5. The highest BCUT2D eigenvalue weighted by Crippen LogP contribution is 2.49. The number of hydrogen-bond donors (Lipinski definition) is 2. The number of rotatable bonds is 4. The number of nitrogen functional groups attached to an aromatic ring is 1. The summed E-state index contributed by atoms with van der Waals surface area (Å²) in [4.78, 5) is 10.7. The molecule has 92 valence electrons. The molecule has 0 amide bonds. The molecule has 0 saturated heterocycles. The van der Waals surface area contributed by atoms with Crippen LogP contribution in [0.1, 0.15) is 37.7 Å². The molecule has 3 nitrogen and oxygen atoms in total. The molecule has 0 aliphatic heterocycles. The lowest BCUT2D eigenvalue weighted by Gasteiger charge is -2.43. The van der Waals surface area contributed by atoms with Gasteiger partial charge < -0.3 is 10.8 Å². The molecule has 0 atom stereocenters. The molecule has 0 unspecified atom stereocenters. The number of carbonyl (C=O) groups is 1.